The first kappa shape index (κ1) is 24.7. The second-order valence-electron chi connectivity index (χ2n) is 8.11. The number of carbonyl (C=O) groups excluding carboxylic acids is 1. The molecule has 34 heavy (non-hydrogen) atoms. The van der Waals surface area contributed by atoms with Gasteiger partial charge in [-0.25, -0.2) is 9.79 Å². The van der Waals surface area contributed by atoms with Crippen molar-refractivity contribution in [2.24, 2.45) is 4.99 Å². The minimum Gasteiger partial charge on any atom is -0.497 e. The van der Waals surface area contributed by atoms with Gasteiger partial charge in [0.15, 0.2) is 5.17 Å². The molecule has 0 saturated heterocycles. The molecular formula is C25H25Cl2N3O3S. The highest BCUT2D eigenvalue weighted by molar-refractivity contribution is 8.22. The molecule has 2 aliphatic rings. The second kappa shape index (κ2) is 10.4. The number of amidine groups is 1. The molecule has 6 nitrogen and oxygen atoms in total. The number of hydrogen-bond donors (Lipinski definition) is 0. The molecule has 0 spiro atoms. The van der Waals surface area contributed by atoms with Crippen molar-refractivity contribution in [3.63, 3.8) is 0 Å². The van der Waals surface area contributed by atoms with Gasteiger partial charge in [-0.2, -0.15) is 0 Å². The fraction of sp³-hybridized carbons (Fsp3) is 0.280. The fourth-order valence-corrected chi connectivity index (χ4v) is 5.63. The maximum Gasteiger partial charge on any atom is 0.338 e. The number of hydrogen-bond acceptors (Lipinski definition) is 7. The molecule has 2 aliphatic heterocycles. The van der Waals surface area contributed by atoms with Gasteiger partial charge >= 0.3 is 5.97 Å². The molecule has 0 amide bonds. The molecule has 9 heteroatoms. The largest absolute Gasteiger partial charge is 0.497 e. The highest BCUT2D eigenvalue weighted by Gasteiger charge is 2.40. The van der Waals surface area contributed by atoms with E-state index in [9.17, 15) is 4.79 Å². The Kier molecular flexibility index (Phi) is 7.57. The van der Waals surface area contributed by atoms with Crippen LogP contribution < -0.4 is 4.74 Å². The van der Waals surface area contributed by atoms with Crippen LogP contribution in [0, 0.1) is 0 Å². The zero-order valence-corrected chi connectivity index (χ0v) is 21.7. The third-order valence-corrected chi connectivity index (χ3v) is 7.16. The van der Waals surface area contributed by atoms with Crippen molar-refractivity contribution in [2.75, 3.05) is 34.4 Å². The molecule has 2 aromatic carbocycles. The van der Waals surface area contributed by atoms with E-state index in [0.717, 1.165) is 26.9 Å². The number of allylic oxidation sites excluding steroid dienone is 1. The molecule has 0 aliphatic carbocycles. The van der Waals surface area contributed by atoms with Crippen molar-refractivity contribution in [1.29, 1.82) is 0 Å². The molecule has 0 fully saturated rings. The Bertz CT molecular complexity index is 1170. The van der Waals surface area contributed by atoms with Gasteiger partial charge in [0.25, 0.3) is 0 Å². The lowest BCUT2D eigenvalue weighted by atomic mass is 9.94. The normalized spacial score (nSPS) is 17.5. The zero-order valence-electron chi connectivity index (χ0n) is 19.3. The maximum atomic E-state index is 13.3. The van der Waals surface area contributed by atoms with Gasteiger partial charge < -0.3 is 19.3 Å². The van der Waals surface area contributed by atoms with Crippen LogP contribution in [0.2, 0.25) is 10.0 Å². The Morgan fingerprint density at radius 1 is 1.15 bits per heavy atom. The summed E-state index contributed by atoms with van der Waals surface area (Å²) in [6.07, 6.45) is 1.95. The number of benzene rings is 2. The highest BCUT2D eigenvalue weighted by atomic mass is 35.5. The smallest absolute Gasteiger partial charge is 0.338 e. The Morgan fingerprint density at radius 3 is 2.44 bits per heavy atom. The van der Waals surface area contributed by atoms with E-state index in [4.69, 9.17) is 37.7 Å². The number of aliphatic imine (C=N–C) groups is 1. The number of likely N-dealkylation sites (N-methyl/N-ethyl adjacent to an activating group) is 1. The average Bonchev–Trinajstić information content (AvgIpc) is 3.20. The first-order valence-electron chi connectivity index (χ1n) is 10.7. The number of halogens is 2. The summed E-state index contributed by atoms with van der Waals surface area (Å²) in [6, 6.07) is 12.7. The topological polar surface area (TPSA) is 54.4 Å². The zero-order chi connectivity index (χ0) is 24.4. The van der Waals surface area contributed by atoms with E-state index in [1.165, 1.54) is 11.8 Å². The predicted molar refractivity (Wildman–Crippen MR) is 139 cm³/mol. The second-order valence-corrected chi connectivity index (χ2v) is 9.93. The van der Waals surface area contributed by atoms with Crippen LogP contribution >= 0.6 is 35.0 Å². The molecule has 0 bridgehead atoms. The predicted octanol–water partition coefficient (Wildman–Crippen LogP) is 5.84. The molecule has 0 saturated carbocycles. The van der Waals surface area contributed by atoms with Gasteiger partial charge in [0.05, 0.1) is 34.5 Å². The van der Waals surface area contributed by atoms with Crippen molar-refractivity contribution in [1.82, 2.24) is 9.80 Å². The minimum absolute atomic E-state index is 0.291. The summed E-state index contributed by atoms with van der Waals surface area (Å²) in [5.74, 6) is 0.352. The van der Waals surface area contributed by atoms with Crippen molar-refractivity contribution in [2.45, 2.75) is 13.0 Å². The van der Waals surface area contributed by atoms with Gasteiger partial charge in [-0.05, 0) is 62.6 Å². The summed E-state index contributed by atoms with van der Waals surface area (Å²) in [6.45, 7) is 2.76. The summed E-state index contributed by atoms with van der Waals surface area (Å²) in [5.41, 5.74) is 2.77. The minimum atomic E-state index is -0.420. The standard InChI is InChI=1S/C25H25Cl2N3O3S/c1-15-21(24(31)33-13-12-29(2)3)23(16-8-10-17(32-4)11-9-16)30-14-20(34-25(30)28-15)22-18(26)6-5-7-19(22)27/h5-11,14,23H,12-13H2,1-4H3. The number of carbonyl (C=O) groups is 1. The van der Waals surface area contributed by atoms with E-state index in [-0.39, 0.29) is 5.97 Å². The van der Waals surface area contributed by atoms with E-state index in [0.29, 0.717) is 34.5 Å². The lowest BCUT2D eigenvalue weighted by Crippen LogP contribution is -2.34. The lowest BCUT2D eigenvalue weighted by Gasteiger charge is -2.33. The quantitative estimate of drug-likeness (QED) is 0.430. The molecule has 178 valence electrons. The van der Waals surface area contributed by atoms with Crippen molar-refractivity contribution in [3.05, 3.63) is 81.1 Å². The molecule has 2 heterocycles. The van der Waals surface area contributed by atoms with Crippen LogP contribution in [0.1, 0.15) is 24.1 Å². The lowest BCUT2D eigenvalue weighted by molar-refractivity contribution is -0.140. The van der Waals surface area contributed by atoms with Crippen LogP contribution in [0.3, 0.4) is 0 Å². The Morgan fingerprint density at radius 2 is 1.82 bits per heavy atom. The number of nitrogens with zero attached hydrogens (tertiary/aromatic N) is 3. The van der Waals surface area contributed by atoms with Crippen LogP contribution in [0.15, 0.2) is 64.9 Å². The number of thioether (sulfide) groups is 1. The number of rotatable bonds is 7. The third-order valence-electron chi connectivity index (χ3n) is 5.52. The first-order chi connectivity index (χ1) is 16.3. The van der Waals surface area contributed by atoms with Gasteiger partial charge in [0, 0.05) is 23.2 Å². The summed E-state index contributed by atoms with van der Waals surface area (Å²) in [5, 5.41) is 1.86. The molecular weight excluding hydrogens is 493 g/mol. The average molecular weight is 518 g/mol. The van der Waals surface area contributed by atoms with Gasteiger partial charge in [0.1, 0.15) is 12.4 Å². The number of ether oxygens (including phenoxy) is 2. The van der Waals surface area contributed by atoms with E-state index >= 15 is 0 Å². The Balaban J connectivity index is 1.76. The van der Waals surface area contributed by atoms with Gasteiger partial charge in [-0.15, -0.1) is 0 Å². The van der Waals surface area contributed by atoms with Gasteiger partial charge in [-0.3, -0.25) is 0 Å². The van der Waals surface area contributed by atoms with E-state index in [2.05, 4.69) is 0 Å². The monoisotopic (exact) mass is 517 g/mol. The Labute approximate surface area is 213 Å². The number of methoxy groups -OCH3 is 1. The molecule has 2 aromatic rings. The first-order valence-corrected chi connectivity index (χ1v) is 12.2. The van der Waals surface area contributed by atoms with E-state index in [1.807, 2.05) is 67.4 Å². The third kappa shape index (κ3) is 4.98. The molecule has 1 atom stereocenters. The van der Waals surface area contributed by atoms with Crippen LogP contribution in [0.5, 0.6) is 5.75 Å². The Hall–Kier alpha value is -2.45. The molecule has 1 unspecified atom stereocenters. The van der Waals surface area contributed by atoms with Crippen LogP contribution in [-0.2, 0) is 9.53 Å². The van der Waals surface area contributed by atoms with Crippen LogP contribution in [0.4, 0.5) is 0 Å². The highest BCUT2D eigenvalue weighted by Crippen LogP contribution is 2.49. The van der Waals surface area contributed by atoms with E-state index in [1.54, 1.807) is 19.2 Å². The SMILES string of the molecule is COc1ccc(C2C(C(=O)OCCN(C)C)=C(C)N=C3SC(c4c(Cl)cccc4Cl)=CN32)cc1. The van der Waals surface area contributed by atoms with Crippen molar-refractivity contribution in [3.8, 4) is 5.75 Å². The summed E-state index contributed by atoms with van der Waals surface area (Å²) in [4.78, 5) is 22.8. The van der Waals surface area contributed by atoms with Crippen molar-refractivity contribution < 1.29 is 14.3 Å². The van der Waals surface area contributed by atoms with Gasteiger partial charge in [0.2, 0.25) is 0 Å². The molecule has 0 aromatic heterocycles. The van der Waals surface area contributed by atoms with Crippen LogP contribution in [0.25, 0.3) is 4.91 Å². The van der Waals surface area contributed by atoms with Crippen molar-refractivity contribution >= 4 is 51.0 Å². The summed E-state index contributed by atoms with van der Waals surface area (Å²) < 4.78 is 11.0. The molecule has 0 N–H and O–H groups in total. The number of fused-ring (bicyclic) bond motifs is 1. The maximum absolute atomic E-state index is 13.3. The van der Waals surface area contributed by atoms with Crippen LogP contribution in [-0.4, -0.2) is 55.3 Å². The molecule has 0 radical (unpaired) electrons. The summed E-state index contributed by atoms with van der Waals surface area (Å²) >= 11 is 14.4. The number of esters is 1. The molecule has 4 rings (SSSR count). The van der Waals surface area contributed by atoms with E-state index < -0.39 is 6.04 Å². The summed E-state index contributed by atoms with van der Waals surface area (Å²) in [7, 11) is 5.49. The fourth-order valence-electron chi connectivity index (χ4n) is 3.79. The van der Waals surface area contributed by atoms with Gasteiger partial charge in [-0.1, -0.05) is 41.4 Å².